The average molecular weight is 236 g/mol. The quantitative estimate of drug-likeness (QED) is 0.765. The third kappa shape index (κ3) is 2.70. The van der Waals surface area contributed by atoms with Crippen LogP contribution in [0.15, 0.2) is 40.9 Å². The molecule has 1 aromatic heterocycles. The van der Waals surface area contributed by atoms with Crippen molar-refractivity contribution in [3.63, 3.8) is 0 Å². The molecule has 2 aromatic rings. The van der Waals surface area contributed by atoms with E-state index in [0.717, 1.165) is 0 Å². The molecule has 0 bridgehead atoms. The van der Waals surface area contributed by atoms with E-state index in [-0.39, 0.29) is 5.78 Å². The summed E-state index contributed by atoms with van der Waals surface area (Å²) >= 11 is 5.60. The van der Waals surface area contributed by atoms with Crippen molar-refractivity contribution in [3.05, 3.63) is 52.9 Å². The van der Waals surface area contributed by atoms with Crippen molar-refractivity contribution in [2.24, 2.45) is 0 Å². The van der Waals surface area contributed by atoms with E-state index in [9.17, 15) is 4.79 Å². The van der Waals surface area contributed by atoms with Gasteiger partial charge in [0.1, 0.15) is 5.76 Å². The van der Waals surface area contributed by atoms with Gasteiger partial charge in [0.25, 0.3) is 0 Å². The lowest BCUT2D eigenvalue weighted by molar-refractivity contribution is 0.0980. The molecule has 0 atom stereocenters. The maximum absolute atomic E-state index is 11.7. The van der Waals surface area contributed by atoms with Crippen LogP contribution < -0.4 is 0 Å². The molecule has 0 saturated carbocycles. The predicted molar refractivity (Wildman–Crippen MR) is 60.6 cm³/mol. The number of carbonyl (C=O) groups is 1. The van der Waals surface area contributed by atoms with Gasteiger partial charge in [-0.25, -0.2) is 0 Å². The number of nitrogens with zero attached hydrogens (tertiary/aromatic N) is 1. The summed E-state index contributed by atoms with van der Waals surface area (Å²) in [5, 5.41) is 3.87. The Morgan fingerprint density at radius 1 is 1.31 bits per heavy atom. The summed E-state index contributed by atoms with van der Waals surface area (Å²) in [5.41, 5.74) is 0.716. The summed E-state index contributed by atoms with van der Waals surface area (Å²) in [6.07, 6.45) is 0.920. The smallest absolute Gasteiger partial charge is 0.172 e. The number of hydrogen-bond acceptors (Lipinski definition) is 3. The summed E-state index contributed by atoms with van der Waals surface area (Å²) in [4.78, 5) is 11.7. The summed E-state index contributed by atoms with van der Waals surface area (Å²) in [7, 11) is 0. The molecule has 16 heavy (non-hydrogen) atoms. The average Bonchev–Trinajstić information content (AvgIpc) is 2.73. The summed E-state index contributed by atoms with van der Waals surface area (Å²) in [6, 6.07) is 10.8. The second-order valence-corrected chi connectivity index (χ2v) is 3.79. The largest absolute Gasteiger partial charge is 0.360 e. The highest BCUT2D eigenvalue weighted by Crippen LogP contribution is 2.12. The second-order valence-electron chi connectivity index (χ2n) is 3.41. The predicted octanol–water partition coefficient (Wildman–Crippen LogP) is 3.14. The van der Waals surface area contributed by atoms with Crippen molar-refractivity contribution in [1.82, 2.24) is 5.16 Å². The number of aromatic nitrogens is 1. The van der Waals surface area contributed by atoms with Gasteiger partial charge in [-0.05, 0) is 0 Å². The van der Waals surface area contributed by atoms with Crippen molar-refractivity contribution in [2.75, 3.05) is 0 Å². The van der Waals surface area contributed by atoms with Crippen molar-refractivity contribution in [1.29, 1.82) is 0 Å². The van der Waals surface area contributed by atoms with E-state index in [1.807, 2.05) is 18.2 Å². The maximum atomic E-state index is 11.7. The van der Waals surface area contributed by atoms with Gasteiger partial charge in [0.15, 0.2) is 10.9 Å². The van der Waals surface area contributed by atoms with Crippen LogP contribution in [0.5, 0.6) is 0 Å². The van der Waals surface area contributed by atoms with E-state index in [1.54, 1.807) is 18.2 Å². The first-order chi connectivity index (χ1) is 7.75. The molecular formula is C12H10ClNO2. The van der Waals surface area contributed by atoms with Crippen LogP contribution in [0.1, 0.15) is 22.5 Å². The SMILES string of the molecule is O=C(CCc1cc(Cl)no1)c1ccccc1. The van der Waals surface area contributed by atoms with Crippen LogP contribution in [-0.2, 0) is 6.42 Å². The third-order valence-corrected chi connectivity index (χ3v) is 2.40. The van der Waals surface area contributed by atoms with Crippen LogP contribution in [0.4, 0.5) is 0 Å². The minimum atomic E-state index is 0.0909. The molecule has 0 amide bonds. The fourth-order valence-electron chi connectivity index (χ4n) is 1.41. The molecule has 4 heteroatoms. The van der Waals surface area contributed by atoms with Gasteiger partial charge in [-0.2, -0.15) is 0 Å². The summed E-state index contributed by atoms with van der Waals surface area (Å²) < 4.78 is 4.92. The molecule has 3 nitrogen and oxygen atoms in total. The Kier molecular flexibility index (Phi) is 3.37. The zero-order valence-electron chi connectivity index (χ0n) is 8.52. The summed E-state index contributed by atoms with van der Waals surface area (Å²) in [6.45, 7) is 0. The van der Waals surface area contributed by atoms with Crippen LogP contribution in [0.3, 0.4) is 0 Å². The molecule has 1 heterocycles. The zero-order chi connectivity index (χ0) is 11.4. The molecule has 2 rings (SSSR count). The van der Waals surface area contributed by atoms with Gasteiger partial charge in [-0.1, -0.05) is 47.1 Å². The van der Waals surface area contributed by atoms with E-state index >= 15 is 0 Å². The number of aryl methyl sites for hydroxylation is 1. The van der Waals surface area contributed by atoms with Crippen LogP contribution in [0.2, 0.25) is 5.15 Å². The van der Waals surface area contributed by atoms with Crippen LogP contribution >= 0.6 is 11.6 Å². The third-order valence-electron chi connectivity index (χ3n) is 2.22. The van der Waals surface area contributed by atoms with Crippen LogP contribution in [0, 0.1) is 0 Å². The van der Waals surface area contributed by atoms with Crippen molar-refractivity contribution in [3.8, 4) is 0 Å². The second kappa shape index (κ2) is 4.94. The highest BCUT2D eigenvalue weighted by atomic mass is 35.5. The number of rotatable bonds is 4. The number of ketones is 1. The van der Waals surface area contributed by atoms with Crippen molar-refractivity contribution < 1.29 is 9.32 Å². The lowest BCUT2D eigenvalue weighted by Gasteiger charge is -1.98. The molecule has 1 aromatic carbocycles. The molecule has 0 aliphatic carbocycles. The minimum absolute atomic E-state index is 0.0909. The zero-order valence-corrected chi connectivity index (χ0v) is 9.28. The van der Waals surface area contributed by atoms with Gasteiger partial charge in [-0.3, -0.25) is 4.79 Å². The van der Waals surface area contributed by atoms with E-state index < -0.39 is 0 Å². The van der Waals surface area contributed by atoms with Crippen LogP contribution in [-0.4, -0.2) is 10.9 Å². The molecule has 0 N–H and O–H groups in total. The van der Waals surface area contributed by atoms with Gasteiger partial charge < -0.3 is 4.52 Å². The van der Waals surface area contributed by atoms with E-state index in [2.05, 4.69) is 5.16 Å². The Hall–Kier alpha value is -1.61. The van der Waals surface area contributed by atoms with E-state index in [4.69, 9.17) is 16.1 Å². The van der Waals surface area contributed by atoms with Gasteiger partial charge in [0, 0.05) is 24.5 Å². The fourth-order valence-corrected chi connectivity index (χ4v) is 1.57. The molecule has 0 aliphatic rings. The first-order valence-electron chi connectivity index (χ1n) is 4.95. The fraction of sp³-hybridized carbons (Fsp3) is 0.167. The minimum Gasteiger partial charge on any atom is -0.360 e. The number of halogens is 1. The van der Waals surface area contributed by atoms with Gasteiger partial charge in [-0.15, -0.1) is 0 Å². The van der Waals surface area contributed by atoms with Crippen molar-refractivity contribution in [2.45, 2.75) is 12.8 Å². The Labute approximate surface area is 98.0 Å². The van der Waals surface area contributed by atoms with Gasteiger partial charge in [0.2, 0.25) is 0 Å². The van der Waals surface area contributed by atoms with Gasteiger partial charge in [0.05, 0.1) is 0 Å². The molecule has 0 spiro atoms. The molecular weight excluding hydrogens is 226 g/mol. The lowest BCUT2D eigenvalue weighted by atomic mass is 10.1. The van der Waals surface area contributed by atoms with E-state index in [0.29, 0.717) is 29.3 Å². The Bertz CT molecular complexity index is 479. The number of carbonyl (C=O) groups excluding carboxylic acids is 1. The van der Waals surface area contributed by atoms with Crippen molar-refractivity contribution >= 4 is 17.4 Å². The molecule has 0 unspecified atom stereocenters. The molecule has 0 aliphatic heterocycles. The number of Topliss-reactive ketones (excluding diaryl/α,β-unsaturated/α-hetero) is 1. The maximum Gasteiger partial charge on any atom is 0.172 e. The Morgan fingerprint density at radius 2 is 2.06 bits per heavy atom. The topological polar surface area (TPSA) is 43.1 Å². The molecule has 0 fully saturated rings. The standard InChI is InChI=1S/C12H10ClNO2/c13-12-8-10(16-14-12)6-7-11(15)9-4-2-1-3-5-9/h1-5,8H,6-7H2. The van der Waals surface area contributed by atoms with Crippen LogP contribution in [0.25, 0.3) is 0 Å². The normalized spacial score (nSPS) is 10.3. The highest BCUT2D eigenvalue weighted by molar-refractivity contribution is 6.29. The number of benzene rings is 1. The first-order valence-corrected chi connectivity index (χ1v) is 5.33. The molecule has 82 valence electrons. The lowest BCUT2D eigenvalue weighted by Crippen LogP contribution is -2.00. The monoisotopic (exact) mass is 235 g/mol. The Morgan fingerprint density at radius 3 is 2.69 bits per heavy atom. The molecule has 0 radical (unpaired) electrons. The number of hydrogen-bond donors (Lipinski definition) is 0. The highest BCUT2D eigenvalue weighted by Gasteiger charge is 2.08. The Balaban J connectivity index is 1.94. The molecule has 0 saturated heterocycles. The van der Waals surface area contributed by atoms with Gasteiger partial charge >= 0.3 is 0 Å². The first kappa shape index (κ1) is 10.9. The summed E-state index contributed by atoms with van der Waals surface area (Å²) in [5.74, 6) is 0.724. The van der Waals surface area contributed by atoms with E-state index in [1.165, 1.54) is 0 Å².